The predicted molar refractivity (Wildman–Crippen MR) is 99.7 cm³/mol. The summed E-state index contributed by atoms with van der Waals surface area (Å²) in [6.45, 7) is -0.0730. The number of halogens is 8. The van der Waals surface area contributed by atoms with Crippen LogP contribution in [-0.4, -0.2) is 13.8 Å². The first-order chi connectivity index (χ1) is 14.5. The van der Waals surface area contributed by atoms with Gasteiger partial charge in [-0.25, -0.2) is 35.1 Å². The first-order valence-electron chi connectivity index (χ1n) is 8.80. The Hall–Kier alpha value is -3.04. The lowest BCUT2D eigenvalue weighted by Crippen LogP contribution is -2.58. The Morgan fingerprint density at radius 3 is 1.42 bits per heavy atom. The highest BCUT2D eigenvalue weighted by Crippen LogP contribution is 2.21. The zero-order valence-electron chi connectivity index (χ0n) is 16.3. The average molecular weight is 444 g/mol. The Kier molecular flexibility index (Phi) is 6.02. The molecule has 0 aliphatic carbocycles. The van der Waals surface area contributed by atoms with Crippen molar-refractivity contribution in [2.24, 2.45) is 0 Å². The van der Waals surface area contributed by atoms with Gasteiger partial charge in [0, 0.05) is 29.7 Å². The van der Waals surface area contributed by atoms with E-state index in [4.69, 9.17) is 4.74 Å². The van der Waals surface area contributed by atoms with Gasteiger partial charge in [-0.15, -0.1) is 0 Å². The molecule has 0 saturated carbocycles. The molecule has 0 atom stereocenters. The van der Waals surface area contributed by atoms with Crippen LogP contribution < -0.4 is 21.1 Å². The molecule has 0 radical (unpaired) electrons. The smallest absolute Gasteiger partial charge is 0.258 e. The van der Waals surface area contributed by atoms with Crippen LogP contribution in [0.2, 0.25) is 0 Å². The Bertz CT molecular complexity index is 1130. The summed E-state index contributed by atoms with van der Waals surface area (Å²) in [6, 6.07) is 1.40. The van der Waals surface area contributed by atoms with Gasteiger partial charge in [0.1, 0.15) is 29.0 Å². The number of rotatable bonds is 4. The highest BCUT2D eigenvalue weighted by atomic mass is 19.2. The summed E-state index contributed by atoms with van der Waals surface area (Å²) in [6.07, 6.45) is 0. The van der Waals surface area contributed by atoms with Gasteiger partial charge in [0.25, 0.3) is 6.71 Å². The molecule has 0 spiro atoms. The van der Waals surface area contributed by atoms with Gasteiger partial charge in [0.15, 0.2) is 23.3 Å². The molecule has 0 aromatic heterocycles. The highest BCUT2D eigenvalue weighted by Gasteiger charge is 2.38. The van der Waals surface area contributed by atoms with Crippen molar-refractivity contribution in [1.82, 2.24) is 0 Å². The van der Waals surface area contributed by atoms with Crippen LogP contribution in [-0.2, 0) is 0 Å². The van der Waals surface area contributed by atoms with Crippen molar-refractivity contribution in [2.45, 2.75) is 13.8 Å². The topological polar surface area (TPSA) is 9.23 Å². The molecule has 3 rings (SSSR count). The summed E-state index contributed by atoms with van der Waals surface area (Å²) in [5.74, 6) is -11.9. The second-order valence-electron chi connectivity index (χ2n) is 6.82. The van der Waals surface area contributed by atoms with E-state index in [0.717, 1.165) is 21.0 Å². The molecular weight excluding hydrogens is 431 g/mol. The van der Waals surface area contributed by atoms with Crippen molar-refractivity contribution < 1.29 is 39.9 Å². The highest BCUT2D eigenvalue weighted by molar-refractivity contribution is 6.96. The second kappa shape index (κ2) is 8.24. The molecule has 0 aliphatic rings. The van der Waals surface area contributed by atoms with E-state index in [9.17, 15) is 35.1 Å². The minimum Gasteiger partial charge on any atom is -0.497 e. The van der Waals surface area contributed by atoms with Crippen molar-refractivity contribution in [2.75, 3.05) is 7.11 Å². The number of benzene rings is 3. The third kappa shape index (κ3) is 3.75. The van der Waals surface area contributed by atoms with Crippen LogP contribution in [0, 0.1) is 60.4 Å². The van der Waals surface area contributed by atoms with E-state index in [-0.39, 0.29) is 12.1 Å². The number of hydrogen-bond acceptors (Lipinski definition) is 1. The van der Waals surface area contributed by atoms with Crippen molar-refractivity contribution in [3.63, 3.8) is 0 Å². The maximum Gasteiger partial charge on any atom is 0.258 e. The lowest BCUT2D eigenvalue weighted by molar-refractivity contribution is 0.411. The van der Waals surface area contributed by atoms with Crippen LogP contribution in [0.1, 0.15) is 11.1 Å². The molecule has 3 aromatic carbocycles. The van der Waals surface area contributed by atoms with Gasteiger partial charge in [-0.2, -0.15) is 0 Å². The van der Waals surface area contributed by atoms with E-state index >= 15 is 0 Å². The normalized spacial score (nSPS) is 11.1. The fourth-order valence-corrected chi connectivity index (χ4v) is 3.61. The Morgan fingerprint density at radius 2 is 1.00 bits per heavy atom. The van der Waals surface area contributed by atoms with Crippen LogP contribution in [0.4, 0.5) is 35.1 Å². The SMILES string of the molecule is COc1cc(F)cc(F)c1B(c1c(F)cc(F)c(F)c1C)c1c(F)cc(F)c(F)c1C. The van der Waals surface area contributed by atoms with Gasteiger partial charge >= 0.3 is 0 Å². The maximum atomic E-state index is 14.9. The summed E-state index contributed by atoms with van der Waals surface area (Å²) in [7, 11) is 1.01. The van der Waals surface area contributed by atoms with E-state index < -0.39 is 86.5 Å². The van der Waals surface area contributed by atoms with E-state index in [1.54, 1.807) is 0 Å². The van der Waals surface area contributed by atoms with Gasteiger partial charge in [-0.3, -0.25) is 0 Å². The summed E-state index contributed by atoms with van der Waals surface area (Å²) in [5.41, 5.74) is -3.52. The van der Waals surface area contributed by atoms with Crippen LogP contribution in [0.25, 0.3) is 0 Å². The molecule has 162 valence electrons. The zero-order valence-corrected chi connectivity index (χ0v) is 16.3. The van der Waals surface area contributed by atoms with Crippen molar-refractivity contribution >= 4 is 23.1 Å². The van der Waals surface area contributed by atoms with Gasteiger partial charge in [-0.05, 0) is 35.9 Å². The molecule has 0 bridgehead atoms. The average Bonchev–Trinajstić information content (AvgIpc) is 2.69. The van der Waals surface area contributed by atoms with Crippen molar-refractivity contribution in [3.8, 4) is 5.75 Å². The molecule has 0 aliphatic heterocycles. The zero-order chi connectivity index (χ0) is 23.2. The van der Waals surface area contributed by atoms with E-state index in [1.807, 2.05) is 0 Å². The molecule has 0 heterocycles. The Balaban J connectivity index is 2.54. The lowest BCUT2D eigenvalue weighted by Gasteiger charge is -2.24. The fraction of sp³-hybridized carbons (Fsp3) is 0.143. The Labute approximate surface area is 172 Å². The molecule has 1 nitrogen and oxygen atoms in total. The molecule has 0 unspecified atom stereocenters. The lowest BCUT2D eigenvalue weighted by atomic mass is 9.35. The van der Waals surface area contributed by atoms with E-state index in [2.05, 4.69) is 0 Å². The Morgan fingerprint density at radius 1 is 0.581 bits per heavy atom. The molecule has 3 aromatic rings. The second-order valence-corrected chi connectivity index (χ2v) is 6.82. The van der Waals surface area contributed by atoms with Crippen LogP contribution in [0.5, 0.6) is 5.75 Å². The molecule has 0 saturated heterocycles. The van der Waals surface area contributed by atoms with Crippen LogP contribution in [0.3, 0.4) is 0 Å². The van der Waals surface area contributed by atoms with Crippen molar-refractivity contribution in [3.05, 3.63) is 81.9 Å². The summed E-state index contributed by atoms with van der Waals surface area (Å²) in [5, 5.41) is 0. The molecule has 0 fully saturated rings. The number of ether oxygens (including phenoxy) is 1. The summed E-state index contributed by atoms with van der Waals surface area (Å²) in [4.78, 5) is 0. The standard InChI is InChI=1S/C21H13BF8O/c1-8-17(12(25)6-14(27)20(8)29)22(18-9(2)21(30)15(28)7-13(18)26)19-11(24)4-10(23)5-16(19)31-3/h4-7H,1-3H3. The molecular formula is C21H13BF8O. The van der Waals surface area contributed by atoms with Crippen LogP contribution in [0.15, 0.2) is 24.3 Å². The molecule has 31 heavy (non-hydrogen) atoms. The van der Waals surface area contributed by atoms with Crippen molar-refractivity contribution in [1.29, 1.82) is 0 Å². The van der Waals surface area contributed by atoms with Gasteiger partial charge < -0.3 is 4.74 Å². The largest absolute Gasteiger partial charge is 0.497 e. The third-order valence-electron chi connectivity index (χ3n) is 5.05. The first kappa shape index (κ1) is 22.6. The summed E-state index contributed by atoms with van der Waals surface area (Å²) >= 11 is 0. The third-order valence-corrected chi connectivity index (χ3v) is 5.05. The maximum absolute atomic E-state index is 14.9. The number of hydrogen-bond donors (Lipinski definition) is 0. The van der Waals surface area contributed by atoms with Gasteiger partial charge in [0.05, 0.1) is 7.11 Å². The monoisotopic (exact) mass is 444 g/mol. The number of methoxy groups -OCH3 is 1. The minimum absolute atomic E-state index is 0.158. The van der Waals surface area contributed by atoms with Gasteiger partial charge in [0.2, 0.25) is 0 Å². The predicted octanol–water partition coefficient (Wildman–Crippen LogP) is 3.94. The van der Waals surface area contributed by atoms with Crippen LogP contribution >= 0.6 is 0 Å². The molecule has 0 N–H and O–H groups in total. The fourth-order valence-electron chi connectivity index (χ4n) is 3.61. The quantitative estimate of drug-likeness (QED) is 0.337. The minimum atomic E-state index is -1.97. The van der Waals surface area contributed by atoms with E-state index in [1.165, 1.54) is 0 Å². The summed E-state index contributed by atoms with van der Waals surface area (Å²) < 4.78 is 119. The molecule has 0 amide bonds. The first-order valence-corrected chi connectivity index (χ1v) is 8.80. The molecule has 10 heteroatoms. The van der Waals surface area contributed by atoms with E-state index in [0.29, 0.717) is 12.1 Å². The van der Waals surface area contributed by atoms with Gasteiger partial charge in [-0.1, -0.05) is 0 Å².